The highest BCUT2D eigenvalue weighted by atomic mass is 32.1. The number of benzene rings is 1. The van der Waals surface area contributed by atoms with Crippen molar-refractivity contribution in [1.82, 2.24) is 14.3 Å². The summed E-state index contributed by atoms with van der Waals surface area (Å²) in [5.74, 6) is 0.210. The molecular weight excluding hydrogens is 440 g/mol. The van der Waals surface area contributed by atoms with E-state index in [0.29, 0.717) is 26.4 Å². The summed E-state index contributed by atoms with van der Waals surface area (Å²) in [6.45, 7) is 8.43. The van der Waals surface area contributed by atoms with Gasteiger partial charge in [-0.1, -0.05) is 23.5 Å². The molecule has 0 saturated heterocycles. The third-order valence-electron chi connectivity index (χ3n) is 5.54. The number of fused-ring (bicyclic) bond motifs is 1. The zero-order valence-corrected chi connectivity index (χ0v) is 20.1. The molecule has 0 amide bonds. The second kappa shape index (κ2) is 9.19. The van der Waals surface area contributed by atoms with Gasteiger partial charge in [-0.3, -0.25) is 14.0 Å². The van der Waals surface area contributed by atoms with Gasteiger partial charge in [-0.05, 0) is 51.5 Å². The van der Waals surface area contributed by atoms with E-state index in [9.17, 15) is 9.59 Å². The van der Waals surface area contributed by atoms with Crippen molar-refractivity contribution >= 4 is 23.4 Å². The van der Waals surface area contributed by atoms with Crippen molar-refractivity contribution in [2.45, 2.75) is 40.3 Å². The van der Waals surface area contributed by atoms with Gasteiger partial charge in [0.15, 0.2) is 4.80 Å². The summed E-state index contributed by atoms with van der Waals surface area (Å²) in [5, 5.41) is 4.46. The van der Waals surface area contributed by atoms with Crippen LogP contribution < -0.4 is 19.6 Å². The average molecular weight is 467 g/mol. The van der Waals surface area contributed by atoms with Crippen LogP contribution in [0.4, 0.5) is 0 Å². The molecule has 1 aliphatic heterocycles. The largest absolute Gasteiger partial charge is 0.497 e. The van der Waals surface area contributed by atoms with E-state index in [1.165, 1.54) is 11.3 Å². The minimum atomic E-state index is -0.646. The molecule has 2 aromatic heterocycles. The number of rotatable bonds is 6. The predicted molar refractivity (Wildman–Crippen MR) is 126 cm³/mol. The first-order valence-electron chi connectivity index (χ1n) is 10.8. The van der Waals surface area contributed by atoms with Crippen LogP contribution in [-0.2, 0) is 16.1 Å². The molecule has 0 radical (unpaired) electrons. The van der Waals surface area contributed by atoms with E-state index in [1.54, 1.807) is 25.5 Å². The van der Waals surface area contributed by atoms with Crippen molar-refractivity contribution in [1.29, 1.82) is 0 Å². The molecule has 3 heterocycles. The Bertz CT molecular complexity index is 1410. The van der Waals surface area contributed by atoms with Gasteiger partial charge in [-0.2, -0.15) is 5.10 Å². The van der Waals surface area contributed by atoms with Crippen LogP contribution in [0.25, 0.3) is 6.08 Å². The minimum absolute atomic E-state index is 0.211. The Balaban J connectivity index is 1.94. The number of ether oxygens (including phenoxy) is 2. The quantitative estimate of drug-likeness (QED) is 0.521. The number of thiazole rings is 1. The second-order valence-corrected chi connectivity index (χ2v) is 8.61. The lowest BCUT2D eigenvalue weighted by atomic mass is 9.96. The first kappa shape index (κ1) is 22.7. The van der Waals surface area contributed by atoms with Gasteiger partial charge < -0.3 is 9.47 Å². The molecule has 1 aromatic carbocycles. The molecule has 0 N–H and O–H groups in total. The third kappa shape index (κ3) is 4.16. The van der Waals surface area contributed by atoms with E-state index < -0.39 is 12.0 Å². The number of carbonyl (C=O) groups is 1. The van der Waals surface area contributed by atoms with Crippen molar-refractivity contribution in [3.63, 3.8) is 0 Å². The molecule has 172 valence electrons. The molecule has 0 saturated carbocycles. The molecule has 4 rings (SSSR count). The van der Waals surface area contributed by atoms with Crippen LogP contribution in [0.2, 0.25) is 0 Å². The summed E-state index contributed by atoms with van der Waals surface area (Å²) in [5.41, 5.74) is 3.18. The van der Waals surface area contributed by atoms with Gasteiger partial charge in [0.2, 0.25) is 0 Å². The van der Waals surface area contributed by atoms with E-state index in [2.05, 4.69) is 10.1 Å². The highest BCUT2D eigenvalue weighted by Crippen LogP contribution is 2.31. The number of aromatic nitrogens is 3. The third-order valence-corrected chi connectivity index (χ3v) is 6.53. The zero-order valence-electron chi connectivity index (χ0n) is 19.3. The molecule has 3 aromatic rings. The van der Waals surface area contributed by atoms with Crippen LogP contribution in [0.5, 0.6) is 5.75 Å². The fourth-order valence-electron chi connectivity index (χ4n) is 3.87. The molecule has 33 heavy (non-hydrogen) atoms. The maximum absolute atomic E-state index is 13.6. The second-order valence-electron chi connectivity index (χ2n) is 7.60. The number of nitrogens with zero attached hydrogens (tertiary/aromatic N) is 4. The molecule has 8 nitrogen and oxygen atoms in total. The summed E-state index contributed by atoms with van der Waals surface area (Å²) in [6.07, 6.45) is 3.76. The Morgan fingerprint density at radius 1 is 1.21 bits per heavy atom. The Kier molecular flexibility index (Phi) is 6.33. The molecule has 1 aliphatic rings. The van der Waals surface area contributed by atoms with Gasteiger partial charge in [0.1, 0.15) is 5.75 Å². The summed E-state index contributed by atoms with van der Waals surface area (Å²) >= 11 is 1.30. The van der Waals surface area contributed by atoms with Crippen LogP contribution in [0.1, 0.15) is 43.6 Å². The first-order chi connectivity index (χ1) is 15.9. The van der Waals surface area contributed by atoms with Gasteiger partial charge in [0.05, 0.1) is 41.3 Å². The first-order valence-corrected chi connectivity index (χ1v) is 11.6. The van der Waals surface area contributed by atoms with Gasteiger partial charge >= 0.3 is 5.97 Å². The fourth-order valence-corrected chi connectivity index (χ4v) is 4.91. The Morgan fingerprint density at radius 3 is 2.55 bits per heavy atom. The molecule has 0 fully saturated rings. The standard InChI is InChI=1S/C24H26N4O4S/c1-6-27-13-17(14(3)26-27)12-19-22(29)28-21(16-8-10-18(31-5)11-9-16)20(23(30)32-7-2)15(4)25-24(28)33-19/h8-13,21H,6-7H2,1-5H3/b19-12+/t21-/m0/s1. The van der Waals surface area contributed by atoms with Gasteiger partial charge in [0, 0.05) is 18.3 Å². The fraction of sp³-hybridized carbons (Fsp3) is 0.333. The van der Waals surface area contributed by atoms with E-state index in [0.717, 1.165) is 23.4 Å². The molecule has 1 atom stereocenters. The van der Waals surface area contributed by atoms with Crippen molar-refractivity contribution in [2.24, 2.45) is 4.99 Å². The normalized spacial score (nSPS) is 15.9. The highest BCUT2D eigenvalue weighted by Gasteiger charge is 2.33. The Morgan fingerprint density at radius 2 is 1.94 bits per heavy atom. The number of aryl methyl sites for hydroxylation is 2. The summed E-state index contributed by atoms with van der Waals surface area (Å²) < 4.78 is 14.5. The number of hydrogen-bond acceptors (Lipinski definition) is 7. The lowest BCUT2D eigenvalue weighted by molar-refractivity contribution is -0.139. The van der Waals surface area contributed by atoms with Crippen molar-refractivity contribution < 1.29 is 14.3 Å². The topological polar surface area (TPSA) is 87.7 Å². The van der Waals surface area contributed by atoms with Crippen LogP contribution in [0.15, 0.2) is 51.5 Å². The highest BCUT2D eigenvalue weighted by molar-refractivity contribution is 7.07. The molecule has 0 bridgehead atoms. The Labute approximate surface area is 195 Å². The zero-order chi connectivity index (χ0) is 23.7. The number of carbonyl (C=O) groups excluding carboxylic acids is 1. The molecule has 0 aliphatic carbocycles. The maximum atomic E-state index is 13.6. The number of hydrogen-bond donors (Lipinski definition) is 0. The van der Waals surface area contributed by atoms with Crippen LogP contribution in [0.3, 0.4) is 0 Å². The predicted octanol–water partition coefficient (Wildman–Crippen LogP) is 2.33. The number of esters is 1. The lowest BCUT2D eigenvalue weighted by Crippen LogP contribution is -2.39. The van der Waals surface area contributed by atoms with E-state index in [4.69, 9.17) is 9.47 Å². The lowest BCUT2D eigenvalue weighted by Gasteiger charge is -2.24. The SMILES string of the molecule is CCOC(=O)C1=C(C)N=c2s/c(=C/c3cn(CC)nc3C)c(=O)n2[C@H]1c1ccc(OC)cc1. The monoisotopic (exact) mass is 466 g/mol. The summed E-state index contributed by atoms with van der Waals surface area (Å²) in [6, 6.07) is 6.69. The van der Waals surface area contributed by atoms with Crippen LogP contribution in [-0.4, -0.2) is 34.0 Å². The van der Waals surface area contributed by atoms with Crippen molar-refractivity contribution in [3.8, 4) is 5.75 Å². The van der Waals surface area contributed by atoms with Crippen LogP contribution in [0, 0.1) is 6.92 Å². The average Bonchev–Trinajstić information content (AvgIpc) is 3.32. The summed E-state index contributed by atoms with van der Waals surface area (Å²) in [4.78, 5) is 31.7. The summed E-state index contributed by atoms with van der Waals surface area (Å²) in [7, 11) is 1.59. The van der Waals surface area contributed by atoms with Gasteiger partial charge in [0.25, 0.3) is 5.56 Å². The van der Waals surface area contributed by atoms with Crippen molar-refractivity contribution in [2.75, 3.05) is 13.7 Å². The van der Waals surface area contributed by atoms with E-state index >= 15 is 0 Å². The van der Waals surface area contributed by atoms with Crippen LogP contribution >= 0.6 is 11.3 Å². The van der Waals surface area contributed by atoms with E-state index in [1.807, 2.05) is 55.1 Å². The van der Waals surface area contributed by atoms with Gasteiger partial charge in [-0.25, -0.2) is 9.79 Å². The molecule has 0 unspecified atom stereocenters. The smallest absolute Gasteiger partial charge is 0.338 e. The number of allylic oxidation sites excluding steroid dienone is 1. The number of methoxy groups -OCH3 is 1. The Hall–Kier alpha value is -3.46. The molecular formula is C24H26N4O4S. The van der Waals surface area contributed by atoms with Gasteiger partial charge in [-0.15, -0.1) is 0 Å². The maximum Gasteiger partial charge on any atom is 0.338 e. The minimum Gasteiger partial charge on any atom is -0.497 e. The molecule has 0 spiro atoms. The molecule has 9 heteroatoms. The van der Waals surface area contributed by atoms with E-state index in [-0.39, 0.29) is 12.2 Å². The van der Waals surface area contributed by atoms with Crippen molar-refractivity contribution in [3.05, 3.63) is 78.2 Å².